The van der Waals surface area contributed by atoms with Gasteiger partial charge in [0.05, 0.1) is 17.1 Å². The molecule has 8 heteroatoms. The standard InChI is InChI=1S/C18H20N6O2/c1-10(2)15-16(21-11(3)20-15)14-7-8-19-18(23-14)22-13-6-4-5-12(9-13)17(25)24-26/h4-10,26H,1-3H3,(H,20,21)(H,24,25)(H,19,22,23). The molecular weight excluding hydrogens is 332 g/mol. The first kappa shape index (κ1) is 17.6. The molecule has 0 aliphatic rings. The van der Waals surface area contributed by atoms with Gasteiger partial charge in [-0.05, 0) is 37.1 Å². The summed E-state index contributed by atoms with van der Waals surface area (Å²) in [7, 11) is 0. The van der Waals surface area contributed by atoms with Gasteiger partial charge in [-0.2, -0.15) is 0 Å². The van der Waals surface area contributed by atoms with Crippen LogP contribution in [-0.4, -0.2) is 31.1 Å². The first-order valence-corrected chi connectivity index (χ1v) is 8.19. The van der Waals surface area contributed by atoms with Crippen molar-refractivity contribution in [3.8, 4) is 11.4 Å². The number of hydrogen-bond donors (Lipinski definition) is 4. The van der Waals surface area contributed by atoms with Crippen molar-refractivity contribution in [1.82, 2.24) is 25.4 Å². The summed E-state index contributed by atoms with van der Waals surface area (Å²) in [5.74, 6) is 0.901. The fourth-order valence-corrected chi connectivity index (χ4v) is 2.61. The van der Waals surface area contributed by atoms with Gasteiger partial charge in [-0.1, -0.05) is 19.9 Å². The van der Waals surface area contributed by atoms with Crippen molar-refractivity contribution < 1.29 is 10.0 Å². The van der Waals surface area contributed by atoms with Crippen molar-refractivity contribution in [3.63, 3.8) is 0 Å². The van der Waals surface area contributed by atoms with Crippen molar-refractivity contribution in [3.05, 3.63) is 53.6 Å². The van der Waals surface area contributed by atoms with Crippen LogP contribution in [0.5, 0.6) is 0 Å². The zero-order valence-electron chi connectivity index (χ0n) is 14.7. The number of carbonyl (C=O) groups excluding carboxylic acids is 1. The van der Waals surface area contributed by atoms with E-state index in [1.54, 1.807) is 35.9 Å². The second-order valence-electron chi connectivity index (χ2n) is 6.15. The summed E-state index contributed by atoms with van der Waals surface area (Å²) < 4.78 is 0. The van der Waals surface area contributed by atoms with Gasteiger partial charge >= 0.3 is 0 Å². The molecule has 26 heavy (non-hydrogen) atoms. The maximum Gasteiger partial charge on any atom is 0.274 e. The van der Waals surface area contributed by atoms with Crippen LogP contribution in [0.2, 0.25) is 0 Å². The summed E-state index contributed by atoms with van der Waals surface area (Å²) in [5.41, 5.74) is 5.12. The molecule has 1 aromatic carbocycles. The van der Waals surface area contributed by atoms with E-state index in [1.165, 1.54) is 0 Å². The average Bonchev–Trinajstić information content (AvgIpc) is 3.04. The van der Waals surface area contributed by atoms with E-state index >= 15 is 0 Å². The summed E-state index contributed by atoms with van der Waals surface area (Å²) in [4.78, 5) is 28.1. The molecule has 0 unspecified atom stereocenters. The number of nitrogens with one attached hydrogen (secondary N) is 3. The van der Waals surface area contributed by atoms with Gasteiger partial charge in [-0.25, -0.2) is 20.4 Å². The summed E-state index contributed by atoms with van der Waals surface area (Å²) in [5, 5.41) is 11.8. The lowest BCUT2D eigenvalue weighted by Gasteiger charge is -2.09. The Morgan fingerprint density at radius 3 is 2.77 bits per heavy atom. The van der Waals surface area contributed by atoms with Crippen LogP contribution in [0.3, 0.4) is 0 Å². The molecule has 0 spiro atoms. The normalized spacial score (nSPS) is 10.8. The van der Waals surface area contributed by atoms with Crippen LogP contribution in [0.15, 0.2) is 36.5 Å². The monoisotopic (exact) mass is 352 g/mol. The minimum absolute atomic E-state index is 0.259. The molecule has 2 heterocycles. The van der Waals surface area contributed by atoms with Crippen LogP contribution in [0.1, 0.15) is 41.6 Å². The van der Waals surface area contributed by atoms with Crippen LogP contribution < -0.4 is 10.8 Å². The van der Waals surface area contributed by atoms with Crippen molar-refractivity contribution in [2.24, 2.45) is 0 Å². The molecule has 0 saturated carbocycles. The number of carbonyl (C=O) groups is 1. The van der Waals surface area contributed by atoms with E-state index in [0.717, 1.165) is 22.9 Å². The fourth-order valence-electron chi connectivity index (χ4n) is 2.61. The third kappa shape index (κ3) is 3.70. The second kappa shape index (κ2) is 7.32. The third-order valence-corrected chi connectivity index (χ3v) is 3.79. The zero-order chi connectivity index (χ0) is 18.7. The summed E-state index contributed by atoms with van der Waals surface area (Å²) in [6.45, 7) is 6.07. The number of nitrogens with zero attached hydrogens (tertiary/aromatic N) is 3. The number of rotatable bonds is 5. The average molecular weight is 352 g/mol. The lowest BCUT2D eigenvalue weighted by molar-refractivity contribution is 0.0706. The molecule has 2 aromatic heterocycles. The number of amides is 1. The topological polar surface area (TPSA) is 116 Å². The van der Waals surface area contributed by atoms with E-state index < -0.39 is 5.91 Å². The first-order chi connectivity index (χ1) is 12.5. The number of aromatic amines is 1. The molecule has 0 radical (unpaired) electrons. The minimum atomic E-state index is -0.585. The van der Waals surface area contributed by atoms with Gasteiger partial charge < -0.3 is 10.3 Å². The van der Waals surface area contributed by atoms with Crippen molar-refractivity contribution >= 4 is 17.5 Å². The Kier molecular flexibility index (Phi) is 4.94. The number of aryl methyl sites for hydroxylation is 1. The summed E-state index contributed by atoms with van der Waals surface area (Å²) in [6, 6.07) is 8.49. The van der Waals surface area contributed by atoms with E-state index in [1.807, 2.05) is 13.0 Å². The fraction of sp³-hybridized carbons (Fsp3) is 0.222. The zero-order valence-corrected chi connectivity index (χ0v) is 14.7. The maximum atomic E-state index is 11.5. The Bertz CT molecular complexity index is 935. The molecule has 0 saturated heterocycles. The molecule has 3 rings (SSSR count). The molecule has 8 nitrogen and oxygen atoms in total. The van der Waals surface area contributed by atoms with Crippen LogP contribution in [-0.2, 0) is 0 Å². The summed E-state index contributed by atoms with van der Waals surface area (Å²) in [6.07, 6.45) is 1.66. The minimum Gasteiger partial charge on any atom is -0.341 e. The quantitative estimate of drug-likeness (QED) is 0.414. The Morgan fingerprint density at radius 2 is 2.04 bits per heavy atom. The highest BCUT2D eigenvalue weighted by molar-refractivity contribution is 5.94. The predicted molar refractivity (Wildman–Crippen MR) is 97.4 cm³/mol. The molecule has 0 atom stereocenters. The number of H-pyrrole nitrogens is 1. The predicted octanol–water partition coefficient (Wildman–Crippen LogP) is 3.16. The van der Waals surface area contributed by atoms with Gasteiger partial charge in [-0.15, -0.1) is 0 Å². The number of hydrogen-bond acceptors (Lipinski definition) is 6. The lowest BCUT2D eigenvalue weighted by Crippen LogP contribution is -2.18. The lowest BCUT2D eigenvalue weighted by atomic mass is 10.1. The molecule has 1 amide bonds. The van der Waals surface area contributed by atoms with Gasteiger partial charge in [0.2, 0.25) is 5.95 Å². The Hall–Kier alpha value is -3.26. The van der Waals surface area contributed by atoms with Gasteiger partial charge in [0.1, 0.15) is 5.82 Å². The van der Waals surface area contributed by atoms with Crippen molar-refractivity contribution in [1.29, 1.82) is 0 Å². The van der Waals surface area contributed by atoms with E-state index in [9.17, 15) is 4.79 Å². The van der Waals surface area contributed by atoms with E-state index in [0.29, 0.717) is 17.2 Å². The Balaban J connectivity index is 1.90. The highest BCUT2D eigenvalue weighted by Crippen LogP contribution is 2.26. The molecular formula is C18H20N6O2. The van der Waals surface area contributed by atoms with Gasteiger partial charge in [0.15, 0.2) is 0 Å². The van der Waals surface area contributed by atoms with Crippen LogP contribution in [0, 0.1) is 6.92 Å². The maximum absolute atomic E-state index is 11.5. The Labute approximate surface area is 150 Å². The van der Waals surface area contributed by atoms with E-state index in [-0.39, 0.29) is 5.92 Å². The second-order valence-corrected chi connectivity index (χ2v) is 6.15. The molecule has 0 aliphatic carbocycles. The highest BCUT2D eigenvalue weighted by atomic mass is 16.5. The molecule has 134 valence electrons. The van der Waals surface area contributed by atoms with Gasteiger partial charge in [-0.3, -0.25) is 10.0 Å². The number of hydroxylamine groups is 1. The van der Waals surface area contributed by atoms with Gasteiger partial charge in [0, 0.05) is 17.4 Å². The molecule has 3 aromatic rings. The van der Waals surface area contributed by atoms with Crippen LogP contribution in [0.4, 0.5) is 11.6 Å². The molecule has 0 bridgehead atoms. The number of benzene rings is 1. The SMILES string of the molecule is Cc1nc(C(C)C)c(-c2ccnc(Nc3cccc(C(=O)NO)c3)n2)[nH]1. The third-order valence-electron chi connectivity index (χ3n) is 3.79. The Morgan fingerprint density at radius 1 is 1.23 bits per heavy atom. The molecule has 0 fully saturated rings. The smallest absolute Gasteiger partial charge is 0.274 e. The van der Waals surface area contributed by atoms with Crippen molar-refractivity contribution in [2.45, 2.75) is 26.7 Å². The van der Waals surface area contributed by atoms with Crippen molar-refractivity contribution in [2.75, 3.05) is 5.32 Å². The van der Waals surface area contributed by atoms with E-state index in [2.05, 4.69) is 39.1 Å². The molecule has 0 aliphatic heterocycles. The largest absolute Gasteiger partial charge is 0.341 e. The first-order valence-electron chi connectivity index (χ1n) is 8.19. The van der Waals surface area contributed by atoms with Crippen LogP contribution in [0.25, 0.3) is 11.4 Å². The van der Waals surface area contributed by atoms with Crippen LogP contribution >= 0.6 is 0 Å². The number of aromatic nitrogens is 4. The molecule has 4 N–H and O–H groups in total. The number of imidazole rings is 1. The van der Waals surface area contributed by atoms with E-state index in [4.69, 9.17) is 5.21 Å². The highest BCUT2D eigenvalue weighted by Gasteiger charge is 2.15. The number of anilines is 2. The summed E-state index contributed by atoms with van der Waals surface area (Å²) >= 11 is 0. The van der Waals surface area contributed by atoms with Gasteiger partial charge in [0.25, 0.3) is 5.91 Å².